The molecule has 2 aromatic carbocycles. The van der Waals surface area contributed by atoms with Gasteiger partial charge in [0.2, 0.25) is 0 Å². The number of aryl methyl sites for hydroxylation is 2. The van der Waals surface area contributed by atoms with Crippen LogP contribution in [0.4, 0.5) is 0 Å². The van der Waals surface area contributed by atoms with Crippen molar-refractivity contribution < 1.29 is 16.5 Å². The molecule has 0 fully saturated rings. The van der Waals surface area contributed by atoms with Crippen molar-refractivity contribution in [3.63, 3.8) is 0 Å². The predicted molar refractivity (Wildman–Crippen MR) is 105 cm³/mol. The van der Waals surface area contributed by atoms with Gasteiger partial charge in [-0.25, -0.2) is 5.56 Å². The minimum absolute atomic E-state index is 0. The monoisotopic (exact) mass is 393 g/mol. The second kappa shape index (κ2) is 10.4. The van der Waals surface area contributed by atoms with Gasteiger partial charge in [-0.1, -0.05) is 37.4 Å². The van der Waals surface area contributed by atoms with Crippen LogP contribution < -0.4 is 0 Å². The molecular weight excluding hydrogens is 375 g/mol. The van der Waals surface area contributed by atoms with Crippen LogP contribution in [0.1, 0.15) is 11.4 Å². The van der Waals surface area contributed by atoms with Crippen LogP contribution in [-0.4, -0.2) is 9.97 Å². The van der Waals surface area contributed by atoms with Crippen LogP contribution in [0.3, 0.4) is 0 Å². The molecule has 0 N–H and O–H groups in total. The molecule has 0 atom stereocenters. The second-order valence-corrected chi connectivity index (χ2v) is 5.82. The van der Waals surface area contributed by atoms with Crippen molar-refractivity contribution in [2.24, 2.45) is 0 Å². The maximum atomic E-state index is 4.34. The average molecular weight is 394 g/mol. The van der Waals surface area contributed by atoms with Crippen LogP contribution in [0.2, 0.25) is 0 Å². The number of nitrogens with zero attached hydrogens (tertiary/aromatic N) is 2. The van der Waals surface area contributed by atoms with Gasteiger partial charge in [0, 0.05) is 11.9 Å². The van der Waals surface area contributed by atoms with Crippen molar-refractivity contribution in [3.8, 4) is 22.4 Å². The molecular formula is C24H19N2Ni. The Labute approximate surface area is 171 Å². The van der Waals surface area contributed by atoms with Crippen molar-refractivity contribution in [2.75, 3.05) is 0 Å². The third-order valence-corrected chi connectivity index (χ3v) is 3.67. The van der Waals surface area contributed by atoms with Gasteiger partial charge in [-0.15, -0.1) is 23.8 Å². The summed E-state index contributed by atoms with van der Waals surface area (Å²) in [6.45, 7) is 3.92. The number of benzene rings is 2. The zero-order valence-corrected chi connectivity index (χ0v) is 16.2. The Morgan fingerprint density at radius 3 is 2.04 bits per heavy atom. The average Bonchev–Trinajstić information content (AvgIpc) is 2.70. The molecule has 0 saturated carbocycles. The zero-order chi connectivity index (χ0) is 18.2. The van der Waals surface area contributed by atoms with E-state index in [-0.39, 0.29) is 16.5 Å². The summed E-state index contributed by atoms with van der Waals surface area (Å²) in [5.74, 6) is 0. The first-order valence-corrected chi connectivity index (χ1v) is 8.44. The predicted octanol–water partition coefficient (Wildman–Crippen LogP) is 5.51. The molecule has 3 heteroatoms. The quantitative estimate of drug-likeness (QED) is 0.331. The van der Waals surface area contributed by atoms with Crippen LogP contribution >= 0.6 is 0 Å². The summed E-state index contributed by atoms with van der Waals surface area (Å²) in [5, 5.41) is 0. The molecule has 0 unspecified atom stereocenters. The molecule has 1 radical (unpaired) electrons. The van der Waals surface area contributed by atoms with Gasteiger partial charge in [0.25, 0.3) is 0 Å². The first-order chi connectivity index (χ1) is 12.7. The minimum Gasteiger partial charge on any atom is -0.385 e. The maximum Gasteiger partial charge on any atom is 3.00 e. The van der Waals surface area contributed by atoms with E-state index in [0.29, 0.717) is 0 Å². The fourth-order valence-electron chi connectivity index (χ4n) is 2.48. The molecule has 27 heavy (non-hydrogen) atoms. The van der Waals surface area contributed by atoms with Crippen LogP contribution in [0.5, 0.6) is 0 Å². The van der Waals surface area contributed by atoms with Crippen molar-refractivity contribution >= 4 is 0 Å². The molecule has 2 heterocycles. The molecule has 0 bridgehead atoms. The molecule has 0 aliphatic rings. The molecule has 2 aromatic heterocycles. The van der Waals surface area contributed by atoms with Crippen molar-refractivity contribution in [1.82, 2.24) is 9.97 Å². The molecule has 0 amide bonds. The standard InChI is InChI=1S/C17H11N.C7H8N.Ni/c1-2-7-14(8-3-1)15-9-6-10-16(13-15)17-11-4-5-12-18-17;1-6-4-3-5-7(2)8-6;/h1-7,9-12H;4-5H,1-2H3;/q-2;-1;+3. The van der Waals surface area contributed by atoms with E-state index in [1.165, 1.54) is 0 Å². The molecule has 0 aliphatic heterocycles. The zero-order valence-electron chi connectivity index (χ0n) is 15.2. The number of pyridine rings is 2. The Bertz CT molecular complexity index is 882. The topological polar surface area (TPSA) is 25.8 Å². The van der Waals surface area contributed by atoms with Gasteiger partial charge in [0.1, 0.15) is 0 Å². The van der Waals surface area contributed by atoms with Gasteiger partial charge in [0.15, 0.2) is 0 Å². The Morgan fingerprint density at radius 1 is 0.741 bits per heavy atom. The summed E-state index contributed by atoms with van der Waals surface area (Å²) in [7, 11) is 0. The molecule has 4 rings (SSSR count). The Balaban J connectivity index is 0.000000247. The molecule has 135 valence electrons. The summed E-state index contributed by atoms with van der Waals surface area (Å²) >= 11 is 0. The van der Waals surface area contributed by atoms with Crippen molar-refractivity contribution in [3.05, 3.63) is 109 Å². The summed E-state index contributed by atoms with van der Waals surface area (Å²) in [6, 6.07) is 33.2. The second-order valence-electron chi connectivity index (χ2n) is 5.82. The minimum atomic E-state index is 0. The fourth-order valence-corrected chi connectivity index (χ4v) is 2.48. The number of hydrogen-bond donors (Lipinski definition) is 0. The number of hydrogen-bond acceptors (Lipinski definition) is 2. The van der Waals surface area contributed by atoms with E-state index >= 15 is 0 Å². The normalized spacial score (nSPS) is 9.56. The SMILES string of the molecule is Cc1c[c-]cc(C)n1.[Ni+3].[c-]1ccccc1-c1[c-]c(-c2ccccn2)ccc1. The van der Waals surface area contributed by atoms with E-state index in [0.717, 1.165) is 33.8 Å². The van der Waals surface area contributed by atoms with Crippen LogP contribution in [0.25, 0.3) is 22.4 Å². The van der Waals surface area contributed by atoms with E-state index in [1.54, 1.807) is 6.20 Å². The van der Waals surface area contributed by atoms with E-state index in [9.17, 15) is 0 Å². The van der Waals surface area contributed by atoms with Gasteiger partial charge in [-0.3, -0.25) is 4.98 Å². The van der Waals surface area contributed by atoms with Crippen LogP contribution in [-0.2, 0) is 16.5 Å². The molecule has 2 nitrogen and oxygen atoms in total. The first kappa shape index (κ1) is 20.5. The Kier molecular flexibility index (Phi) is 7.91. The molecule has 0 aliphatic carbocycles. The summed E-state index contributed by atoms with van der Waals surface area (Å²) < 4.78 is 0. The van der Waals surface area contributed by atoms with Gasteiger partial charge in [-0.05, 0) is 6.07 Å². The van der Waals surface area contributed by atoms with E-state index in [4.69, 9.17) is 0 Å². The van der Waals surface area contributed by atoms with Gasteiger partial charge < -0.3 is 4.98 Å². The summed E-state index contributed by atoms with van der Waals surface area (Å²) in [5.41, 5.74) is 6.10. The van der Waals surface area contributed by atoms with Crippen LogP contribution in [0, 0.1) is 32.0 Å². The maximum absolute atomic E-state index is 4.34. The third-order valence-electron chi connectivity index (χ3n) is 3.67. The third kappa shape index (κ3) is 6.16. The Hall–Kier alpha value is -2.77. The molecule has 4 aromatic rings. The van der Waals surface area contributed by atoms with E-state index in [1.807, 2.05) is 86.6 Å². The van der Waals surface area contributed by atoms with E-state index < -0.39 is 0 Å². The fraction of sp³-hybridized carbons (Fsp3) is 0.0833. The Morgan fingerprint density at radius 2 is 1.44 bits per heavy atom. The smallest absolute Gasteiger partial charge is 0.385 e. The van der Waals surface area contributed by atoms with Crippen LogP contribution in [0.15, 0.2) is 79.0 Å². The molecule has 0 saturated heterocycles. The largest absolute Gasteiger partial charge is 3.00 e. The van der Waals surface area contributed by atoms with Gasteiger partial charge in [0.05, 0.1) is 0 Å². The van der Waals surface area contributed by atoms with Crippen molar-refractivity contribution in [1.29, 1.82) is 0 Å². The first-order valence-electron chi connectivity index (χ1n) is 8.44. The number of aromatic nitrogens is 2. The number of rotatable bonds is 2. The van der Waals surface area contributed by atoms with Gasteiger partial charge in [-0.2, -0.15) is 60.2 Å². The molecule has 0 spiro atoms. The van der Waals surface area contributed by atoms with Crippen molar-refractivity contribution in [2.45, 2.75) is 13.8 Å². The summed E-state index contributed by atoms with van der Waals surface area (Å²) in [4.78, 5) is 8.48. The van der Waals surface area contributed by atoms with Gasteiger partial charge >= 0.3 is 16.5 Å². The van der Waals surface area contributed by atoms with E-state index in [2.05, 4.69) is 28.2 Å². The summed E-state index contributed by atoms with van der Waals surface area (Å²) in [6.07, 6.45) is 1.80.